The van der Waals surface area contributed by atoms with Gasteiger partial charge in [-0.2, -0.15) is 0 Å². The summed E-state index contributed by atoms with van der Waals surface area (Å²) in [4.78, 5) is 92.0. The summed E-state index contributed by atoms with van der Waals surface area (Å²) in [7, 11) is 1.51. The third-order valence-electron chi connectivity index (χ3n) is 15.1. The van der Waals surface area contributed by atoms with Crippen LogP contribution in [0.2, 0.25) is 0 Å². The topological polar surface area (TPSA) is 329 Å². The zero-order valence-corrected chi connectivity index (χ0v) is 47.3. The second-order valence-corrected chi connectivity index (χ2v) is 21.7. The van der Waals surface area contributed by atoms with Crippen LogP contribution < -0.4 is 20.7 Å². The molecule has 2 aliphatic heterocycles. The van der Waals surface area contributed by atoms with Crippen LogP contribution in [0.1, 0.15) is 92.7 Å². The summed E-state index contributed by atoms with van der Waals surface area (Å²) in [6.45, 7) is 6.27. The van der Waals surface area contributed by atoms with Crippen LogP contribution in [0.15, 0.2) is 54.7 Å². The van der Waals surface area contributed by atoms with Crippen molar-refractivity contribution in [3.63, 3.8) is 0 Å². The van der Waals surface area contributed by atoms with E-state index in [1.165, 1.54) is 25.2 Å². The number of likely N-dealkylation sites (N-methyl/N-ethyl adjacent to an activating group) is 1. The van der Waals surface area contributed by atoms with Crippen molar-refractivity contribution in [2.75, 3.05) is 45.2 Å². The average Bonchev–Trinajstić information content (AvgIpc) is 3.96. The first kappa shape index (κ1) is 61.6. The van der Waals surface area contributed by atoms with E-state index in [-0.39, 0.29) is 132 Å². The zero-order chi connectivity index (χ0) is 54.7. The van der Waals surface area contributed by atoms with E-state index in [9.17, 15) is 59.1 Å². The van der Waals surface area contributed by atoms with Crippen molar-refractivity contribution >= 4 is 47.3 Å². The van der Waals surface area contributed by atoms with E-state index in [0.29, 0.717) is 23.4 Å². The molecule has 3 aromatic rings. The number of ether oxygens (including phenoxy) is 4. The van der Waals surface area contributed by atoms with Gasteiger partial charge in [0.25, 0.3) is 11.8 Å². The van der Waals surface area contributed by atoms with Crippen LogP contribution in [0.25, 0.3) is 16.4 Å². The molecule has 0 spiro atoms. The van der Waals surface area contributed by atoms with Crippen LogP contribution in [0.3, 0.4) is 0 Å². The maximum atomic E-state index is 13.2. The van der Waals surface area contributed by atoms with E-state index >= 15 is 0 Å². The Labute approximate surface area is 477 Å². The second-order valence-electron chi connectivity index (χ2n) is 21.7. The SMILES string of the molecule is CNC(=O)Cc1ccc(-c2ccn(CC34CC5(C)CC(C)(C3)CC(OCC[N-]C(=O)OCc3ccc(O[C@@H]6O[C@H](CO)[C@H](O)[C@H](O)[C@H]6O)c(NC(=O)CCNC(=O)CCN6C(=O)C=CC6=O)c3)(C5)C4)c2C)c(C(=O)O)n1.[CH3-].[Y]. The fraction of sp³-hybridized carbons (Fsp3) is 0.537. The maximum Gasteiger partial charge on any atom is 0.355 e. The van der Waals surface area contributed by atoms with E-state index < -0.39 is 78.6 Å². The van der Waals surface area contributed by atoms with Crippen molar-refractivity contribution in [3.05, 3.63) is 90.1 Å². The maximum absolute atomic E-state index is 13.2. The smallest absolute Gasteiger partial charge is 0.355 e. The fourth-order valence-electron chi connectivity index (χ4n) is 13.0. The first-order valence-electron chi connectivity index (χ1n) is 25.3. The number of pyridine rings is 1. The number of rotatable bonds is 22. The number of imide groups is 1. The Hall–Kier alpha value is -5.66. The van der Waals surface area contributed by atoms with Crippen LogP contribution in [0.5, 0.6) is 5.75 Å². The third-order valence-corrected chi connectivity index (χ3v) is 15.1. The molecular formula is C54H69N7O16Y-2. The Morgan fingerprint density at radius 3 is 2.24 bits per heavy atom. The van der Waals surface area contributed by atoms with E-state index in [2.05, 4.69) is 44.7 Å². The van der Waals surface area contributed by atoms with Gasteiger partial charge in [0.2, 0.25) is 30.1 Å². The molecule has 6 amide bonds. The van der Waals surface area contributed by atoms with Gasteiger partial charge in [-0.25, -0.2) is 9.78 Å². The number of carbonyl (C=O) groups is 7. The molecule has 7 atom stereocenters. The Kier molecular flexibility index (Phi) is 19.9. The first-order chi connectivity index (χ1) is 36.0. The summed E-state index contributed by atoms with van der Waals surface area (Å²) in [6, 6.07) is 9.65. The minimum absolute atomic E-state index is 0. The second kappa shape index (κ2) is 25.2. The third kappa shape index (κ3) is 14.0. The van der Waals surface area contributed by atoms with Crippen molar-refractivity contribution in [1.82, 2.24) is 25.1 Å². The number of aliphatic hydroxyl groups excluding tert-OH is 4. The van der Waals surface area contributed by atoms with Gasteiger partial charge in [0.05, 0.1) is 30.0 Å². The van der Waals surface area contributed by atoms with Gasteiger partial charge in [0.1, 0.15) is 36.8 Å². The van der Waals surface area contributed by atoms with Crippen molar-refractivity contribution in [1.29, 1.82) is 0 Å². The summed E-state index contributed by atoms with van der Waals surface area (Å²) in [5.41, 5.74) is 2.21. The number of carboxylic acid groups (broad SMARTS) is 1. The molecule has 23 nitrogen and oxygen atoms in total. The summed E-state index contributed by atoms with van der Waals surface area (Å²) in [5.74, 6) is -3.69. The Bertz CT molecular complexity index is 2750. The first-order valence-corrected chi connectivity index (χ1v) is 25.3. The Morgan fingerprint density at radius 1 is 0.872 bits per heavy atom. The van der Waals surface area contributed by atoms with Gasteiger partial charge >= 0.3 is 5.97 Å². The normalized spacial score (nSPS) is 27.6. The number of hydrogen-bond donors (Lipinski definition) is 8. The van der Waals surface area contributed by atoms with Crippen LogP contribution in [-0.2, 0) is 90.5 Å². The van der Waals surface area contributed by atoms with Gasteiger partial charge in [0, 0.05) is 114 Å². The molecule has 4 heterocycles. The molecule has 4 bridgehead atoms. The molecule has 4 aliphatic carbocycles. The number of anilines is 1. The number of nitrogens with zero attached hydrogens (tertiary/aromatic N) is 4. The van der Waals surface area contributed by atoms with Gasteiger partial charge in [0.15, 0.2) is 5.69 Å². The molecule has 5 fully saturated rings. The Morgan fingerprint density at radius 2 is 1.58 bits per heavy atom. The number of carbonyl (C=O) groups excluding carboxylic acids is 6. The molecule has 2 aromatic heterocycles. The zero-order valence-electron chi connectivity index (χ0n) is 44.5. The molecule has 9 rings (SSSR count). The molecule has 1 saturated heterocycles. The van der Waals surface area contributed by atoms with Gasteiger partial charge < -0.3 is 77.7 Å². The van der Waals surface area contributed by atoms with Crippen LogP contribution in [-0.4, -0.2) is 158 Å². The van der Waals surface area contributed by atoms with Crippen molar-refractivity contribution in [2.24, 2.45) is 16.2 Å². The van der Waals surface area contributed by atoms with E-state index in [1.54, 1.807) is 12.1 Å². The molecule has 2 unspecified atom stereocenters. The quantitative estimate of drug-likeness (QED) is 0.0407. The van der Waals surface area contributed by atoms with Crippen molar-refractivity contribution in [2.45, 2.75) is 128 Å². The number of amides is 6. The van der Waals surface area contributed by atoms with Crippen molar-refractivity contribution < 1.29 is 111 Å². The van der Waals surface area contributed by atoms with Crippen molar-refractivity contribution in [3.8, 4) is 16.9 Å². The molecule has 6 aliphatic rings. The number of aromatic carboxylic acids is 1. The Balaban J connectivity index is 0.00000492. The summed E-state index contributed by atoms with van der Waals surface area (Å²) >= 11 is 0. The van der Waals surface area contributed by atoms with E-state index in [0.717, 1.165) is 66.8 Å². The largest absolute Gasteiger partial charge is 0.615 e. The van der Waals surface area contributed by atoms with Crippen LogP contribution >= 0.6 is 0 Å². The van der Waals surface area contributed by atoms with Crippen LogP contribution in [0.4, 0.5) is 10.5 Å². The van der Waals surface area contributed by atoms with Crippen LogP contribution in [0, 0.1) is 30.6 Å². The number of nitrogens with one attached hydrogen (secondary N) is 3. The molecule has 421 valence electrons. The summed E-state index contributed by atoms with van der Waals surface area (Å²) in [6.07, 6.45) is 0.442. The summed E-state index contributed by atoms with van der Waals surface area (Å²) < 4.78 is 25.8. The molecule has 24 heteroatoms. The molecule has 1 radical (unpaired) electrons. The van der Waals surface area contributed by atoms with Gasteiger partial charge in [-0.05, 0) is 91.5 Å². The predicted octanol–water partition coefficient (Wildman–Crippen LogP) is 3.08. The molecule has 4 saturated carbocycles. The number of carboxylic acids is 1. The number of aromatic nitrogens is 2. The fourth-order valence-corrected chi connectivity index (χ4v) is 13.0. The molecule has 8 N–H and O–H groups in total. The monoisotopic (exact) mass is 1160 g/mol. The van der Waals surface area contributed by atoms with Gasteiger partial charge in [-0.1, -0.05) is 26.0 Å². The minimum atomic E-state index is -1.77. The molecule has 78 heavy (non-hydrogen) atoms. The van der Waals surface area contributed by atoms with E-state index in [1.807, 2.05) is 19.2 Å². The number of hydrogen-bond acceptors (Lipinski definition) is 16. The van der Waals surface area contributed by atoms with Gasteiger partial charge in [-0.15, -0.1) is 6.54 Å². The minimum Gasteiger partial charge on any atom is -0.615 e. The number of benzene rings is 1. The predicted molar refractivity (Wildman–Crippen MR) is 275 cm³/mol. The molecular weight excluding hydrogens is 1090 g/mol. The van der Waals surface area contributed by atoms with Gasteiger partial charge in [-0.3, -0.25) is 33.7 Å². The molecule has 1 aromatic carbocycles. The standard InChI is InChI=1S/C53H67N7O16.CH3.Y/c1-30-33(34-7-6-32(20-40(64)54-4)57-43(34)47(70)71)12-16-59(30)29-52-24-50(2)23-51(3,25-52)27-53(26-50,28-52)74-18-15-56-49(72)73-22-31-5-8-36(75-48-46(69)45(68)44(67)37(21-61)76-48)35(19-31)58-39(63)11-14-55-38(62)13-17-60-41(65)9-10-42(60)66;;/h5-10,12,16,19,37,44-46,48,61,67-69H,11,13-15,17-18,20-29H2,1-4H3,(H5,54,55,56,58,62,63,64,70,71,72);1H3;/q;-1;/p-1/t37-,44+,45+,46-,48-,50?,51?,52?,53?;;/m1../s1. The van der Waals surface area contributed by atoms with E-state index in [4.69, 9.17) is 18.9 Å². The average molecular weight is 1160 g/mol. The summed E-state index contributed by atoms with van der Waals surface area (Å²) in [5, 5.41) is 63.0. The number of aliphatic hydroxyl groups is 4.